The summed E-state index contributed by atoms with van der Waals surface area (Å²) in [5.41, 5.74) is -2.88. The number of fused-ring (bicyclic) bond motifs is 5. The first-order valence-corrected chi connectivity index (χ1v) is 20.1. The fourth-order valence-electron chi connectivity index (χ4n) is 12.0. The minimum atomic E-state index is -4.99. The number of hydrogen-bond donors (Lipinski definition) is 6. The number of aliphatic hydroxyl groups is 5. The average molecular weight is 737 g/mol. The van der Waals surface area contributed by atoms with Crippen LogP contribution in [0.25, 0.3) is 0 Å². The summed E-state index contributed by atoms with van der Waals surface area (Å²) >= 11 is 0. The number of methoxy groups -OCH3 is 2. The Morgan fingerprint density at radius 3 is 2.20 bits per heavy atom. The van der Waals surface area contributed by atoms with Crippen LogP contribution in [0.3, 0.4) is 0 Å². The van der Waals surface area contributed by atoms with Crippen molar-refractivity contribution in [2.75, 3.05) is 27.4 Å². The molecule has 0 radical (unpaired) electrons. The maximum Gasteiger partial charge on any atom is 0.397 e. The van der Waals surface area contributed by atoms with Gasteiger partial charge in [-0.1, -0.05) is 41.0 Å². The zero-order chi connectivity index (χ0) is 37.0. The molecule has 6 N–H and O–H groups in total. The van der Waals surface area contributed by atoms with Crippen LogP contribution in [0.4, 0.5) is 0 Å². The molecule has 5 aliphatic rings. The third kappa shape index (κ3) is 7.32. The fourth-order valence-corrected chi connectivity index (χ4v) is 12.5. The highest BCUT2D eigenvalue weighted by Crippen LogP contribution is 2.70. The van der Waals surface area contributed by atoms with Crippen molar-refractivity contribution in [3.63, 3.8) is 0 Å². The highest BCUT2D eigenvalue weighted by Gasteiger charge is 2.73. The summed E-state index contributed by atoms with van der Waals surface area (Å²) in [6.07, 6.45) is -1.87. The third-order valence-corrected chi connectivity index (χ3v) is 14.8. The van der Waals surface area contributed by atoms with E-state index in [1.54, 1.807) is 0 Å². The number of ether oxygens (including phenoxy) is 4. The van der Waals surface area contributed by atoms with E-state index in [9.17, 15) is 38.5 Å². The van der Waals surface area contributed by atoms with Crippen molar-refractivity contribution in [1.29, 1.82) is 0 Å². The highest BCUT2D eigenvalue weighted by atomic mass is 32.3. The van der Waals surface area contributed by atoms with Gasteiger partial charge in [0.2, 0.25) is 0 Å². The van der Waals surface area contributed by atoms with Crippen LogP contribution >= 0.6 is 0 Å². The van der Waals surface area contributed by atoms with Crippen molar-refractivity contribution in [2.24, 2.45) is 52.3 Å². The molecule has 17 atom stereocenters. The van der Waals surface area contributed by atoms with Gasteiger partial charge in [-0.3, -0.25) is 4.55 Å². The highest BCUT2D eigenvalue weighted by molar-refractivity contribution is 7.80. The molecule has 13 nitrogen and oxygen atoms in total. The summed E-state index contributed by atoms with van der Waals surface area (Å²) in [5.74, 6) is -1.32. The topological polar surface area (TPSA) is 202 Å². The van der Waals surface area contributed by atoms with Crippen molar-refractivity contribution in [3.05, 3.63) is 0 Å². The van der Waals surface area contributed by atoms with Crippen molar-refractivity contribution in [3.8, 4) is 0 Å². The van der Waals surface area contributed by atoms with Crippen LogP contribution < -0.4 is 0 Å². The lowest BCUT2D eigenvalue weighted by atomic mass is 9.41. The van der Waals surface area contributed by atoms with Gasteiger partial charge in [0, 0.05) is 33.2 Å². The molecule has 0 amide bonds. The molecule has 0 bridgehead atoms. The Kier molecular flexibility index (Phi) is 12.5. The maximum absolute atomic E-state index is 13.0. The quantitative estimate of drug-likeness (QED) is 0.119. The van der Waals surface area contributed by atoms with Gasteiger partial charge in [-0.05, 0) is 91.3 Å². The molecule has 0 aromatic carbocycles. The zero-order valence-electron chi connectivity index (χ0n) is 30.9. The smallest absolute Gasteiger partial charge is 0.396 e. The van der Waals surface area contributed by atoms with Gasteiger partial charge in [-0.15, -0.1) is 0 Å². The summed E-state index contributed by atoms with van der Waals surface area (Å²) in [6.45, 7) is 10.6. The van der Waals surface area contributed by atoms with Crippen LogP contribution in [0.2, 0.25) is 0 Å². The molecule has 1 aliphatic heterocycles. The zero-order valence-corrected chi connectivity index (χ0v) is 31.7. The van der Waals surface area contributed by atoms with E-state index in [1.807, 2.05) is 13.8 Å². The largest absolute Gasteiger partial charge is 0.397 e. The molecule has 4 aliphatic carbocycles. The molecule has 50 heavy (non-hydrogen) atoms. The minimum Gasteiger partial charge on any atom is -0.396 e. The lowest BCUT2D eigenvalue weighted by Gasteiger charge is -2.66. The summed E-state index contributed by atoms with van der Waals surface area (Å²) < 4.78 is 63.0. The second-order valence-electron chi connectivity index (χ2n) is 17.2. The SMILES string of the molecule is COC1COC(OC2CCC3(C)C(C2)C(O)CC2(O)C3CCC3(C)C(C(C)CCC(CCO)C(C)C)C(O)C(OS(=O)(=O)O)C32)C(OC)C1O. The van der Waals surface area contributed by atoms with Gasteiger partial charge >= 0.3 is 10.4 Å². The van der Waals surface area contributed by atoms with E-state index in [-0.39, 0.29) is 49.4 Å². The molecule has 14 heteroatoms. The van der Waals surface area contributed by atoms with Crippen molar-refractivity contribution >= 4 is 10.4 Å². The van der Waals surface area contributed by atoms with Crippen LogP contribution in [0.15, 0.2) is 0 Å². The summed E-state index contributed by atoms with van der Waals surface area (Å²) in [6, 6.07) is 0. The van der Waals surface area contributed by atoms with Crippen LogP contribution in [0, 0.1) is 52.3 Å². The Hall–Kier alpha value is -0.490. The monoisotopic (exact) mass is 736 g/mol. The minimum absolute atomic E-state index is 0.0369. The molecule has 5 fully saturated rings. The third-order valence-electron chi connectivity index (χ3n) is 14.4. The molecule has 17 unspecified atom stereocenters. The van der Waals surface area contributed by atoms with E-state index in [2.05, 4.69) is 20.8 Å². The van der Waals surface area contributed by atoms with Crippen molar-refractivity contribution < 1.29 is 61.6 Å². The first-order valence-electron chi connectivity index (χ1n) is 18.7. The normalized spacial score (nSPS) is 47.7. The lowest BCUT2D eigenvalue weighted by Crippen LogP contribution is -2.69. The van der Waals surface area contributed by atoms with Gasteiger partial charge in [0.05, 0.1) is 30.5 Å². The van der Waals surface area contributed by atoms with Gasteiger partial charge in [-0.25, -0.2) is 4.18 Å². The molecule has 5 rings (SSSR count). The second-order valence-corrected chi connectivity index (χ2v) is 18.3. The van der Waals surface area contributed by atoms with Gasteiger partial charge in [0.25, 0.3) is 0 Å². The molecule has 0 aromatic rings. The lowest BCUT2D eigenvalue weighted by molar-refractivity contribution is -0.305. The standard InChI is InChI=1S/C36H64O13S/c1-19(2)21(12-15-37)9-8-20(3)27-29(40)30(49-50(42,43)44)32-35(27,5)14-11-26-34(4)13-10-22(16-23(34)24(38)17-36(26,32)41)48-33-31(46-7)28(39)25(45-6)18-47-33/h19-33,37-41H,8-18H2,1-7H3,(H,42,43,44). The number of hydrogen-bond acceptors (Lipinski definition) is 12. The second kappa shape index (κ2) is 15.3. The van der Waals surface area contributed by atoms with Crippen LogP contribution in [-0.2, 0) is 33.5 Å². The van der Waals surface area contributed by atoms with Crippen LogP contribution in [0.1, 0.15) is 92.4 Å². The predicted octanol–water partition coefficient (Wildman–Crippen LogP) is 2.70. The van der Waals surface area contributed by atoms with Crippen molar-refractivity contribution in [2.45, 2.75) is 147 Å². The van der Waals surface area contributed by atoms with Gasteiger partial charge in [-0.2, -0.15) is 8.42 Å². The summed E-state index contributed by atoms with van der Waals surface area (Å²) in [7, 11) is -2.01. The Labute approximate surface area is 298 Å². The number of aliphatic hydroxyl groups excluding tert-OH is 4. The van der Waals surface area contributed by atoms with Gasteiger partial charge in [0.15, 0.2) is 6.29 Å². The molecular weight excluding hydrogens is 672 g/mol. The van der Waals surface area contributed by atoms with E-state index in [0.29, 0.717) is 44.4 Å². The average Bonchev–Trinajstić information content (AvgIpc) is 3.24. The fraction of sp³-hybridized carbons (Fsp3) is 1.00. The Bertz CT molecular complexity index is 1250. The Balaban J connectivity index is 1.40. The van der Waals surface area contributed by atoms with E-state index < -0.39 is 81.6 Å². The molecule has 1 saturated heterocycles. The van der Waals surface area contributed by atoms with Crippen molar-refractivity contribution in [1.82, 2.24) is 0 Å². The first-order chi connectivity index (χ1) is 23.4. The molecule has 292 valence electrons. The molecule has 0 spiro atoms. The van der Waals surface area contributed by atoms with E-state index in [0.717, 1.165) is 12.8 Å². The Morgan fingerprint density at radius 1 is 0.920 bits per heavy atom. The predicted molar refractivity (Wildman–Crippen MR) is 182 cm³/mol. The summed E-state index contributed by atoms with van der Waals surface area (Å²) in [5, 5.41) is 57.2. The molecule has 1 heterocycles. The van der Waals surface area contributed by atoms with Gasteiger partial charge < -0.3 is 44.5 Å². The Morgan fingerprint density at radius 2 is 1.60 bits per heavy atom. The maximum atomic E-state index is 13.0. The molecule has 4 saturated carbocycles. The van der Waals surface area contributed by atoms with Gasteiger partial charge in [0.1, 0.15) is 24.4 Å². The van der Waals surface area contributed by atoms with Crippen LogP contribution in [0.5, 0.6) is 0 Å². The molecular formula is C36H64O13S. The summed E-state index contributed by atoms with van der Waals surface area (Å²) in [4.78, 5) is 0. The molecule has 0 aromatic heterocycles. The van der Waals surface area contributed by atoms with E-state index >= 15 is 0 Å². The number of rotatable bonds is 13. The van der Waals surface area contributed by atoms with E-state index in [4.69, 9.17) is 23.1 Å². The first kappa shape index (κ1) is 40.7. The van der Waals surface area contributed by atoms with Crippen LogP contribution in [-0.4, -0.2) is 121 Å². The van der Waals surface area contributed by atoms with E-state index in [1.165, 1.54) is 14.2 Å².